The lowest BCUT2D eigenvalue weighted by atomic mass is 10.3. The summed E-state index contributed by atoms with van der Waals surface area (Å²) in [7, 11) is 1.43. The van der Waals surface area contributed by atoms with Crippen LogP contribution in [0.15, 0.2) is 22.7 Å². The number of nitrogens with one attached hydrogen (secondary N) is 1. The quantitative estimate of drug-likeness (QED) is 0.894. The second-order valence-corrected chi connectivity index (χ2v) is 4.36. The van der Waals surface area contributed by atoms with Crippen molar-refractivity contribution in [3.63, 3.8) is 0 Å². The maximum Gasteiger partial charge on any atom is 0.254 e. The van der Waals surface area contributed by atoms with E-state index in [1.54, 1.807) is 18.2 Å². The highest BCUT2D eigenvalue weighted by Gasteiger charge is 2.16. The van der Waals surface area contributed by atoms with Gasteiger partial charge >= 0.3 is 0 Å². The molecule has 1 rings (SSSR count). The van der Waals surface area contributed by atoms with Crippen molar-refractivity contribution in [3.8, 4) is 0 Å². The van der Waals surface area contributed by atoms with E-state index in [0.29, 0.717) is 10.7 Å². The summed E-state index contributed by atoms with van der Waals surface area (Å²) in [5.41, 5.74) is 5.97. The molecule has 1 aromatic rings. The zero-order valence-electron chi connectivity index (χ0n) is 8.67. The van der Waals surface area contributed by atoms with Crippen molar-refractivity contribution in [1.82, 2.24) is 0 Å². The zero-order chi connectivity index (χ0) is 12.1. The Morgan fingerprint density at radius 1 is 1.69 bits per heavy atom. The first-order valence-corrected chi connectivity index (χ1v) is 5.74. The lowest BCUT2D eigenvalue weighted by Crippen LogP contribution is -2.35. The van der Waals surface area contributed by atoms with Crippen molar-refractivity contribution in [1.29, 1.82) is 0 Å². The van der Waals surface area contributed by atoms with Crippen molar-refractivity contribution in [2.75, 3.05) is 19.0 Å². The minimum absolute atomic E-state index is 0.126. The highest BCUT2D eigenvalue weighted by atomic mass is 79.9. The van der Waals surface area contributed by atoms with E-state index in [0.717, 1.165) is 4.47 Å². The van der Waals surface area contributed by atoms with E-state index in [9.17, 15) is 4.79 Å². The SMILES string of the molecule is COC(CN)C(=O)Nc1cc(Cl)ccc1Br. The third kappa shape index (κ3) is 3.45. The molecule has 3 N–H and O–H groups in total. The highest BCUT2D eigenvalue weighted by molar-refractivity contribution is 9.10. The Kier molecular flexibility index (Phi) is 5.21. The Bertz CT molecular complexity index is 383. The van der Waals surface area contributed by atoms with Gasteiger partial charge in [-0.3, -0.25) is 4.79 Å². The van der Waals surface area contributed by atoms with E-state index in [4.69, 9.17) is 22.1 Å². The molecule has 0 aliphatic rings. The molecule has 0 radical (unpaired) electrons. The molecular weight excluding hydrogens is 295 g/mol. The average molecular weight is 308 g/mol. The summed E-state index contributed by atoms with van der Waals surface area (Å²) in [6.45, 7) is 0.126. The van der Waals surface area contributed by atoms with Crippen molar-refractivity contribution >= 4 is 39.1 Å². The first-order chi connectivity index (χ1) is 7.58. The average Bonchev–Trinajstić information content (AvgIpc) is 2.25. The molecule has 0 heterocycles. The molecule has 4 nitrogen and oxygen atoms in total. The van der Waals surface area contributed by atoms with Crippen LogP contribution >= 0.6 is 27.5 Å². The Labute approximate surface area is 107 Å². The minimum Gasteiger partial charge on any atom is -0.370 e. The van der Waals surface area contributed by atoms with Crippen molar-refractivity contribution in [3.05, 3.63) is 27.7 Å². The summed E-state index contributed by atoms with van der Waals surface area (Å²) in [6, 6.07) is 5.12. The third-order valence-electron chi connectivity index (χ3n) is 1.98. The molecule has 0 aliphatic heterocycles. The molecule has 0 spiro atoms. The van der Waals surface area contributed by atoms with E-state index >= 15 is 0 Å². The van der Waals surface area contributed by atoms with E-state index in [1.165, 1.54) is 7.11 Å². The second-order valence-electron chi connectivity index (χ2n) is 3.07. The van der Waals surface area contributed by atoms with Crippen molar-refractivity contribution in [2.45, 2.75) is 6.10 Å². The Morgan fingerprint density at radius 3 is 2.94 bits per heavy atom. The lowest BCUT2D eigenvalue weighted by Gasteiger charge is -2.14. The van der Waals surface area contributed by atoms with Crippen LogP contribution in [0.25, 0.3) is 0 Å². The van der Waals surface area contributed by atoms with Gasteiger partial charge in [0.1, 0.15) is 6.10 Å². The van der Waals surface area contributed by atoms with Gasteiger partial charge in [-0.1, -0.05) is 11.6 Å². The van der Waals surface area contributed by atoms with Gasteiger partial charge in [0.15, 0.2) is 0 Å². The molecule has 0 aliphatic carbocycles. The van der Waals surface area contributed by atoms with Gasteiger partial charge in [0.05, 0.1) is 5.69 Å². The lowest BCUT2D eigenvalue weighted by molar-refractivity contribution is -0.125. The van der Waals surface area contributed by atoms with E-state index in [2.05, 4.69) is 21.2 Å². The van der Waals surface area contributed by atoms with Crippen LogP contribution in [0, 0.1) is 0 Å². The van der Waals surface area contributed by atoms with Crippen LogP contribution in [0.2, 0.25) is 5.02 Å². The van der Waals surface area contributed by atoms with Crippen LogP contribution < -0.4 is 11.1 Å². The predicted molar refractivity (Wildman–Crippen MR) is 67.6 cm³/mol. The van der Waals surface area contributed by atoms with Crippen LogP contribution in [-0.4, -0.2) is 25.7 Å². The summed E-state index contributed by atoms with van der Waals surface area (Å²) in [4.78, 5) is 11.7. The Hall–Kier alpha value is -0.620. The topological polar surface area (TPSA) is 64.3 Å². The fourth-order valence-electron chi connectivity index (χ4n) is 1.12. The zero-order valence-corrected chi connectivity index (χ0v) is 11.0. The number of carbonyl (C=O) groups is 1. The van der Waals surface area contributed by atoms with Gasteiger partial charge in [-0.2, -0.15) is 0 Å². The smallest absolute Gasteiger partial charge is 0.254 e. The summed E-state index contributed by atoms with van der Waals surface area (Å²) in [5.74, 6) is -0.298. The normalized spacial score (nSPS) is 12.2. The summed E-state index contributed by atoms with van der Waals surface area (Å²) in [6.07, 6.45) is -0.661. The molecule has 16 heavy (non-hydrogen) atoms. The van der Waals surface area contributed by atoms with Gasteiger partial charge in [-0.15, -0.1) is 0 Å². The van der Waals surface area contributed by atoms with Gasteiger partial charge in [-0.25, -0.2) is 0 Å². The number of halogens is 2. The van der Waals surface area contributed by atoms with Gasteiger partial charge in [-0.05, 0) is 34.1 Å². The van der Waals surface area contributed by atoms with Crippen molar-refractivity contribution < 1.29 is 9.53 Å². The van der Waals surface area contributed by atoms with Gasteiger partial charge in [0.2, 0.25) is 0 Å². The molecule has 0 bridgehead atoms. The summed E-state index contributed by atoms with van der Waals surface area (Å²) >= 11 is 9.13. The Morgan fingerprint density at radius 2 is 2.38 bits per heavy atom. The summed E-state index contributed by atoms with van der Waals surface area (Å²) in [5, 5.41) is 3.22. The number of carbonyl (C=O) groups excluding carboxylic acids is 1. The van der Waals surface area contributed by atoms with Crippen LogP contribution in [0.1, 0.15) is 0 Å². The fourth-order valence-corrected chi connectivity index (χ4v) is 1.63. The molecule has 0 fully saturated rings. The molecule has 6 heteroatoms. The monoisotopic (exact) mass is 306 g/mol. The maximum atomic E-state index is 11.7. The number of methoxy groups -OCH3 is 1. The molecule has 0 aromatic heterocycles. The van der Waals surface area contributed by atoms with Crippen LogP contribution in [0.4, 0.5) is 5.69 Å². The summed E-state index contributed by atoms with van der Waals surface area (Å²) < 4.78 is 5.67. The van der Waals surface area contributed by atoms with E-state index < -0.39 is 6.10 Å². The standard InChI is InChI=1S/C10H12BrClN2O2/c1-16-9(5-13)10(15)14-8-4-6(12)2-3-7(8)11/h2-4,9H,5,13H2,1H3,(H,14,15). The van der Waals surface area contributed by atoms with Gasteiger partial charge in [0.25, 0.3) is 5.91 Å². The number of amides is 1. The molecule has 1 aromatic carbocycles. The number of nitrogens with two attached hydrogens (primary N) is 1. The molecule has 1 atom stereocenters. The third-order valence-corrected chi connectivity index (χ3v) is 2.90. The van der Waals surface area contributed by atoms with E-state index in [1.807, 2.05) is 0 Å². The number of rotatable bonds is 4. The van der Waals surface area contributed by atoms with Crippen LogP contribution in [-0.2, 0) is 9.53 Å². The molecule has 88 valence electrons. The maximum absolute atomic E-state index is 11.7. The van der Waals surface area contributed by atoms with Crippen LogP contribution in [0.5, 0.6) is 0 Å². The number of anilines is 1. The molecule has 0 saturated carbocycles. The molecule has 1 amide bonds. The second kappa shape index (κ2) is 6.20. The minimum atomic E-state index is -0.661. The predicted octanol–water partition coefficient (Wildman–Crippen LogP) is 2.01. The first kappa shape index (κ1) is 13.4. The van der Waals surface area contributed by atoms with Crippen molar-refractivity contribution in [2.24, 2.45) is 5.73 Å². The molecule has 0 saturated heterocycles. The number of hydrogen-bond acceptors (Lipinski definition) is 3. The number of hydrogen-bond donors (Lipinski definition) is 2. The van der Waals surface area contributed by atoms with Crippen LogP contribution in [0.3, 0.4) is 0 Å². The Balaban J connectivity index is 2.80. The highest BCUT2D eigenvalue weighted by Crippen LogP contribution is 2.25. The fraction of sp³-hybridized carbons (Fsp3) is 0.300. The van der Waals surface area contributed by atoms with Gasteiger partial charge < -0.3 is 15.8 Å². The van der Waals surface area contributed by atoms with E-state index in [-0.39, 0.29) is 12.5 Å². The number of benzene rings is 1. The number of ether oxygens (including phenoxy) is 1. The van der Waals surface area contributed by atoms with Gasteiger partial charge in [0, 0.05) is 23.1 Å². The largest absolute Gasteiger partial charge is 0.370 e. The molecular formula is C10H12BrClN2O2. The molecule has 1 unspecified atom stereocenters. The first-order valence-electron chi connectivity index (χ1n) is 4.57.